The molecule has 0 amide bonds. The quantitative estimate of drug-likeness (QED) is 0.697. The molecule has 27 heavy (non-hydrogen) atoms. The first-order chi connectivity index (χ1) is 12.9. The van der Waals surface area contributed by atoms with Gasteiger partial charge in [0.2, 0.25) is 10.0 Å². The minimum atomic E-state index is -3.70. The zero-order valence-corrected chi connectivity index (χ0v) is 15.9. The van der Waals surface area contributed by atoms with E-state index >= 15 is 0 Å². The van der Waals surface area contributed by atoms with E-state index in [9.17, 15) is 13.2 Å². The largest absolute Gasteiger partial charge is 0.423 e. The van der Waals surface area contributed by atoms with Crippen molar-refractivity contribution in [2.45, 2.75) is 43.5 Å². The number of aryl methyl sites for hydroxylation is 2. The van der Waals surface area contributed by atoms with E-state index < -0.39 is 15.6 Å². The Morgan fingerprint density at radius 3 is 2.56 bits per heavy atom. The van der Waals surface area contributed by atoms with Crippen molar-refractivity contribution in [1.29, 1.82) is 0 Å². The lowest BCUT2D eigenvalue weighted by molar-refractivity contribution is 0.559. The van der Waals surface area contributed by atoms with E-state index in [-0.39, 0.29) is 10.9 Å². The standard InChI is InChI=1S/C21H21NO4S/c1-14(16-7-6-15-4-2-3-5-17(15)12-16)22-27(24,25)19-9-10-20-18(13-19)8-11-21(23)26-20/h6-14,22H,2-5H2,1H3. The third kappa shape index (κ3) is 3.68. The summed E-state index contributed by atoms with van der Waals surface area (Å²) in [4.78, 5) is 11.4. The number of benzene rings is 2. The fourth-order valence-electron chi connectivity index (χ4n) is 3.61. The van der Waals surface area contributed by atoms with Crippen LogP contribution in [0.5, 0.6) is 0 Å². The Hall–Kier alpha value is -2.44. The summed E-state index contributed by atoms with van der Waals surface area (Å²) in [6.07, 6.45) is 4.56. The molecule has 0 radical (unpaired) electrons. The molecule has 1 atom stereocenters. The van der Waals surface area contributed by atoms with Gasteiger partial charge in [-0.25, -0.2) is 17.9 Å². The Morgan fingerprint density at radius 2 is 1.74 bits per heavy atom. The Labute approximate surface area is 158 Å². The number of fused-ring (bicyclic) bond motifs is 2. The third-order valence-corrected chi connectivity index (χ3v) is 6.64. The number of sulfonamides is 1. The molecule has 3 aromatic rings. The summed E-state index contributed by atoms with van der Waals surface area (Å²) in [5, 5.41) is 0.568. The van der Waals surface area contributed by atoms with E-state index in [1.807, 2.05) is 13.0 Å². The van der Waals surface area contributed by atoms with Crippen molar-refractivity contribution in [1.82, 2.24) is 4.72 Å². The highest BCUT2D eigenvalue weighted by molar-refractivity contribution is 7.89. The number of rotatable bonds is 4. The van der Waals surface area contributed by atoms with Crippen molar-refractivity contribution in [2.24, 2.45) is 0 Å². The second kappa shape index (κ2) is 6.94. The zero-order valence-electron chi connectivity index (χ0n) is 15.1. The first-order valence-corrected chi connectivity index (χ1v) is 10.6. The van der Waals surface area contributed by atoms with Gasteiger partial charge in [0.05, 0.1) is 4.90 Å². The molecule has 0 spiro atoms. The van der Waals surface area contributed by atoms with Gasteiger partial charge < -0.3 is 4.42 Å². The van der Waals surface area contributed by atoms with Gasteiger partial charge in [-0.2, -0.15) is 0 Å². The monoisotopic (exact) mass is 383 g/mol. The van der Waals surface area contributed by atoms with Gasteiger partial charge in [0.15, 0.2) is 0 Å². The normalized spacial score (nSPS) is 15.4. The van der Waals surface area contributed by atoms with E-state index in [0.29, 0.717) is 11.0 Å². The maximum Gasteiger partial charge on any atom is 0.336 e. The molecule has 1 heterocycles. The minimum Gasteiger partial charge on any atom is -0.423 e. The molecule has 4 rings (SSSR count). The number of nitrogens with one attached hydrogen (secondary N) is 1. The highest BCUT2D eigenvalue weighted by atomic mass is 32.2. The molecule has 0 bridgehead atoms. The van der Waals surface area contributed by atoms with Crippen LogP contribution >= 0.6 is 0 Å². The smallest absolute Gasteiger partial charge is 0.336 e. The Kier molecular flexibility index (Phi) is 4.61. The van der Waals surface area contributed by atoms with Gasteiger partial charge in [-0.1, -0.05) is 18.2 Å². The lowest BCUT2D eigenvalue weighted by atomic mass is 9.89. The van der Waals surface area contributed by atoms with Crippen LogP contribution in [0.25, 0.3) is 11.0 Å². The lowest BCUT2D eigenvalue weighted by Gasteiger charge is -2.20. The third-order valence-electron chi connectivity index (χ3n) is 5.11. The average Bonchev–Trinajstić information content (AvgIpc) is 2.66. The molecule has 1 aromatic heterocycles. The summed E-state index contributed by atoms with van der Waals surface area (Å²) in [6.45, 7) is 1.85. The van der Waals surface area contributed by atoms with E-state index in [0.717, 1.165) is 18.4 Å². The highest BCUT2D eigenvalue weighted by Gasteiger charge is 2.20. The highest BCUT2D eigenvalue weighted by Crippen LogP contribution is 2.26. The lowest BCUT2D eigenvalue weighted by Crippen LogP contribution is -2.27. The van der Waals surface area contributed by atoms with Crippen LogP contribution in [-0.4, -0.2) is 8.42 Å². The molecular weight excluding hydrogens is 362 g/mol. The van der Waals surface area contributed by atoms with Crippen LogP contribution in [-0.2, 0) is 22.9 Å². The topological polar surface area (TPSA) is 76.4 Å². The van der Waals surface area contributed by atoms with Crippen LogP contribution in [0.1, 0.15) is 42.5 Å². The second-order valence-corrected chi connectivity index (χ2v) is 8.75. The van der Waals surface area contributed by atoms with Gasteiger partial charge in [-0.3, -0.25) is 0 Å². The molecule has 0 saturated heterocycles. The fraction of sp³-hybridized carbons (Fsp3) is 0.286. The van der Waals surface area contributed by atoms with Crippen molar-refractivity contribution in [3.8, 4) is 0 Å². The zero-order chi connectivity index (χ0) is 19.0. The first-order valence-electron chi connectivity index (χ1n) is 9.10. The molecule has 1 aliphatic rings. The van der Waals surface area contributed by atoms with Crippen LogP contribution in [0, 0.1) is 0 Å². The van der Waals surface area contributed by atoms with Crippen LogP contribution in [0.2, 0.25) is 0 Å². The molecule has 0 aliphatic heterocycles. The Bertz CT molecular complexity index is 1160. The molecule has 1 aliphatic carbocycles. The summed E-state index contributed by atoms with van der Waals surface area (Å²) in [5.41, 5.74) is 3.56. The van der Waals surface area contributed by atoms with E-state index in [4.69, 9.17) is 4.42 Å². The van der Waals surface area contributed by atoms with Gasteiger partial charge in [-0.05, 0) is 73.6 Å². The Morgan fingerprint density at radius 1 is 0.963 bits per heavy atom. The van der Waals surface area contributed by atoms with Crippen LogP contribution in [0.3, 0.4) is 0 Å². The van der Waals surface area contributed by atoms with Crippen molar-refractivity contribution in [3.63, 3.8) is 0 Å². The molecule has 0 fully saturated rings. The van der Waals surface area contributed by atoms with Gasteiger partial charge in [0.1, 0.15) is 5.58 Å². The van der Waals surface area contributed by atoms with Crippen molar-refractivity contribution in [3.05, 3.63) is 75.6 Å². The summed E-state index contributed by atoms with van der Waals surface area (Å²) >= 11 is 0. The molecular formula is C21H21NO4S. The van der Waals surface area contributed by atoms with Gasteiger partial charge in [0.25, 0.3) is 0 Å². The molecule has 1 unspecified atom stereocenters. The predicted octanol–water partition coefficient (Wildman–Crippen LogP) is 3.71. The summed E-state index contributed by atoms with van der Waals surface area (Å²) < 4.78 is 33.4. The molecule has 6 heteroatoms. The second-order valence-electron chi connectivity index (χ2n) is 7.03. The summed E-state index contributed by atoms with van der Waals surface area (Å²) in [6, 6.07) is 13.2. The van der Waals surface area contributed by atoms with Crippen LogP contribution in [0.4, 0.5) is 0 Å². The van der Waals surface area contributed by atoms with E-state index in [1.165, 1.54) is 48.2 Å². The first kappa shape index (κ1) is 17.9. The van der Waals surface area contributed by atoms with E-state index in [1.54, 1.807) is 6.07 Å². The van der Waals surface area contributed by atoms with Gasteiger partial charge in [-0.15, -0.1) is 0 Å². The molecule has 0 saturated carbocycles. The molecule has 1 N–H and O–H groups in total. The molecule has 140 valence electrons. The van der Waals surface area contributed by atoms with Crippen LogP contribution in [0.15, 0.2) is 62.6 Å². The van der Waals surface area contributed by atoms with Crippen LogP contribution < -0.4 is 10.3 Å². The molecule has 5 nitrogen and oxygen atoms in total. The minimum absolute atomic E-state index is 0.147. The fourth-order valence-corrected chi connectivity index (χ4v) is 4.88. The number of hydrogen-bond acceptors (Lipinski definition) is 4. The Balaban J connectivity index is 1.61. The SMILES string of the molecule is CC(NS(=O)(=O)c1ccc2oc(=O)ccc2c1)c1ccc2c(c1)CCCC2. The van der Waals surface area contributed by atoms with Crippen molar-refractivity contribution >= 4 is 21.0 Å². The summed E-state index contributed by atoms with van der Waals surface area (Å²) in [7, 11) is -3.70. The molecule has 2 aromatic carbocycles. The maximum absolute atomic E-state index is 12.8. The van der Waals surface area contributed by atoms with Crippen molar-refractivity contribution < 1.29 is 12.8 Å². The average molecular weight is 383 g/mol. The summed E-state index contributed by atoms with van der Waals surface area (Å²) in [5.74, 6) is 0. The maximum atomic E-state index is 12.8. The number of hydrogen-bond donors (Lipinski definition) is 1. The van der Waals surface area contributed by atoms with Crippen molar-refractivity contribution in [2.75, 3.05) is 0 Å². The van der Waals surface area contributed by atoms with E-state index in [2.05, 4.69) is 16.9 Å². The van der Waals surface area contributed by atoms with Gasteiger partial charge >= 0.3 is 5.63 Å². The van der Waals surface area contributed by atoms with Gasteiger partial charge in [0, 0.05) is 17.5 Å². The predicted molar refractivity (Wildman–Crippen MR) is 104 cm³/mol.